The van der Waals surface area contributed by atoms with Gasteiger partial charge in [-0.3, -0.25) is 14.5 Å². The summed E-state index contributed by atoms with van der Waals surface area (Å²) in [5.41, 5.74) is 1.22. The van der Waals surface area contributed by atoms with E-state index in [4.69, 9.17) is 0 Å². The van der Waals surface area contributed by atoms with E-state index in [2.05, 4.69) is 5.32 Å². The lowest BCUT2D eigenvalue weighted by Gasteiger charge is -2.36. The number of halogens is 1. The van der Waals surface area contributed by atoms with E-state index in [1.54, 1.807) is 24.3 Å². The predicted octanol–water partition coefficient (Wildman–Crippen LogP) is 2.14. The second kappa shape index (κ2) is 9.34. The van der Waals surface area contributed by atoms with Crippen molar-refractivity contribution < 1.29 is 19.1 Å². The number of phenolic OH excluding ortho intramolecular Hbond substituents is 1. The van der Waals surface area contributed by atoms with E-state index < -0.39 is 0 Å². The van der Waals surface area contributed by atoms with E-state index in [0.29, 0.717) is 63.6 Å². The van der Waals surface area contributed by atoms with Crippen molar-refractivity contribution in [2.24, 2.45) is 5.92 Å². The second-order valence-corrected chi connectivity index (χ2v) is 8.08. The maximum Gasteiger partial charge on any atom is 0.236 e. The Kier molecular flexibility index (Phi) is 6.36. The summed E-state index contributed by atoms with van der Waals surface area (Å²) in [4.78, 5) is 31.0. The van der Waals surface area contributed by atoms with E-state index in [1.807, 2.05) is 20.8 Å². The van der Waals surface area contributed by atoms with Gasteiger partial charge in [0.05, 0.1) is 18.2 Å². The van der Waals surface area contributed by atoms with Crippen LogP contribution in [0.4, 0.5) is 15.8 Å². The highest BCUT2D eigenvalue weighted by atomic mass is 19.1. The maximum absolute atomic E-state index is 14.0. The van der Waals surface area contributed by atoms with Crippen LogP contribution >= 0.6 is 0 Å². The molecule has 2 heterocycles. The number of nitrogens with zero attached hydrogens (tertiary/aromatic N) is 3. The van der Waals surface area contributed by atoms with Crippen LogP contribution in [-0.4, -0.2) is 72.5 Å². The average molecular weight is 426 g/mol. The molecule has 2 aromatic rings. The van der Waals surface area contributed by atoms with E-state index in [1.165, 1.54) is 18.2 Å². The molecular formula is C23H27FN4O3. The van der Waals surface area contributed by atoms with Crippen LogP contribution in [0, 0.1) is 11.7 Å². The molecule has 7 nitrogen and oxygen atoms in total. The summed E-state index contributed by atoms with van der Waals surface area (Å²) in [5, 5.41) is 12.2. The van der Waals surface area contributed by atoms with Crippen LogP contribution in [-0.2, 0) is 9.59 Å². The third kappa shape index (κ3) is 5.14. The average Bonchev–Trinajstić information content (AvgIpc) is 3.24. The molecule has 0 bridgehead atoms. The number of para-hydroxylation sites is 1. The molecule has 0 radical (unpaired) electrons. The lowest BCUT2D eigenvalue weighted by molar-refractivity contribution is -0.132. The molecule has 4 rings (SSSR count). The minimum atomic E-state index is -0.240. The summed E-state index contributed by atoms with van der Waals surface area (Å²) >= 11 is 0. The Hall–Kier alpha value is -3.13. The lowest BCUT2D eigenvalue weighted by Crippen LogP contribution is -2.51. The monoisotopic (exact) mass is 426 g/mol. The molecule has 2 amide bonds. The van der Waals surface area contributed by atoms with Gasteiger partial charge in [-0.05, 0) is 49.4 Å². The number of hydrogen-bond donors (Lipinski definition) is 2. The van der Waals surface area contributed by atoms with Gasteiger partial charge in [0.15, 0.2) is 0 Å². The number of hydrogen-bond acceptors (Lipinski definition) is 5. The fourth-order valence-corrected chi connectivity index (χ4v) is 4.18. The zero-order valence-corrected chi connectivity index (χ0v) is 17.3. The van der Waals surface area contributed by atoms with E-state index >= 15 is 0 Å². The third-order valence-electron chi connectivity index (χ3n) is 5.96. The maximum atomic E-state index is 14.0. The van der Waals surface area contributed by atoms with Gasteiger partial charge in [-0.25, -0.2) is 4.39 Å². The summed E-state index contributed by atoms with van der Waals surface area (Å²) in [5.74, 6) is -0.277. The van der Waals surface area contributed by atoms with Crippen LogP contribution < -0.4 is 10.2 Å². The van der Waals surface area contributed by atoms with Gasteiger partial charge in [0.2, 0.25) is 11.8 Å². The smallest absolute Gasteiger partial charge is 0.236 e. The first-order valence-electron chi connectivity index (χ1n) is 10.6. The fraction of sp³-hybridized carbons (Fsp3) is 0.391. The van der Waals surface area contributed by atoms with Crippen molar-refractivity contribution in [3.05, 3.63) is 54.3 Å². The minimum absolute atomic E-state index is 0.0489. The molecule has 2 aliphatic heterocycles. The fourth-order valence-electron chi connectivity index (χ4n) is 4.18. The summed E-state index contributed by atoms with van der Waals surface area (Å²) < 4.78 is 14.0. The highest BCUT2D eigenvalue weighted by Crippen LogP contribution is 2.22. The van der Waals surface area contributed by atoms with Crippen LogP contribution in [0.3, 0.4) is 0 Å². The van der Waals surface area contributed by atoms with Crippen LogP contribution in [0.5, 0.6) is 5.75 Å². The molecule has 0 saturated carbocycles. The Morgan fingerprint density at radius 1 is 1.00 bits per heavy atom. The Morgan fingerprint density at radius 3 is 2.42 bits per heavy atom. The summed E-state index contributed by atoms with van der Waals surface area (Å²) in [6.45, 7) is 3.87. The molecule has 1 unspecified atom stereocenters. The van der Waals surface area contributed by atoms with Crippen molar-refractivity contribution in [1.29, 1.82) is 0 Å². The molecule has 8 heteroatoms. The van der Waals surface area contributed by atoms with Gasteiger partial charge in [-0.1, -0.05) is 12.1 Å². The zero-order chi connectivity index (χ0) is 21.8. The van der Waals surface area contributed by atoms with Crippen molar-refractivity contribution >= 4 is 23.2 Å². The number of likely N-dealkylation sites (tertiary alicyclic amines) is 1. The number of aromatic hydroxyl groups is 1. The van der Waals surface area contributed by atoms with Gasteiger partial charge < -0.3 is 20.2 Å². The normalized spacial score (nSPS) is 19.5. The van der Waals surface area contributed by atoms with E-state index in [9.17, 15) is 19.1 Å². The molecule has 2 N–H and O–H groups in total. The highest BCUT2D eigenvalue weighted by Gasteiger charge is 2.31. The molecule has 0 aliphatic carbocycles. The van der Waals surface area contributed by atoms with Crippen molar-refractivity contribution in [3.63, 3.8) is 0 Å². The number of phenols is 1. The lowest BCUT2D eigenvalue weighted by atomic mass is 10.1. The standard InChI is InChI=1S/C23H27FN4O3/c24-20-3-1-2-4-21(20)27-11-13-28(14-12-27)22(30)16-26-10-9-17(15-26)23(31)25-18-5-7-19(29)8-6-18/h1-8,17,29H,9-16H2,(H,25,31). The molecule has 2 aromatic carbocycles. The van der Waals surface area contributed by atoms with Gasteiger partial charge in [0.1, 0.15) is 11.6 Å². The summed E-state index contributed by atoms with van der Waals surface area (Å²) in [6.07, 6.45) is 0.707. The number of piperazine rings is 1. The molecule has 2 aliphatic rings. The van der Waals surface area contributed by atoms with Gasteiger partial charge in [-0.15, -0.1) is 0 Å². The van der Waals surface area contributed by atoms with E-state index in [-0.39, 0.29) is 29.3 Å². The Bertz CT molecular complexity index is 929. The topological polar surface area (TPSA) is 76.1 Å². The molecule has 2 fully saturated rings. The highest BCUT2D eigenvalue weighted by molar-refractivity contribution is 5.93. The number of amides is 2. The van der Waals surface area contributed by atoms with Crippen LogP contribution in [0.2, 0.25) is 0 Å². The molecule has 0 spiro atoms. The minimum Gasteiger partial charge on any atom is -0.508 e. The Balaban J connectivity index is 1.23. The van der Waals surface area contributed by atoms with Crippen molar-refractivity contribution in [3.8, 4) is 5.75 Å². The molecule has 31 heavy (non-hydrogen) atoms. The number of nitrogens with one attached hydrogen (secondary N) is 1. The van der Waals surface area contributed by atoms with Crippen LogP contribution in [0.25, 0.3) is 0 Å². The molecule has 0 aromatic heterocycles. The molecule has 1 atom stereocenters. The van der Waals surface area contributed by atoms with Gasteiger partial charge >= 0.3 is 0 Å². The van der Waals surface area contributed by atoms with Crippen LogP contribution in [0.15, 0.2) is 48.5 Å². The van der Waals surface area contributed by atoms with E-state index in [0.717, 1.165) is 0 Å². The number of benzene rings is 2. The Morgan fingerprint density at radius 2 is 1.71 bits per heavy atom. The predicted molar refractivity (Wildman–Crippen MR) is 116 cm³/mol. The molecule has 164 valence electrons. The van der Waals surface area contributed by atoms with Crippen molar-refractivity contribution in [2.75, 3.05) is 56.0 Å². The first-order valence-corrected chi connectivity index (χ1v) is 10.6. The molecule has 2 saturated heterocycles. The number of anilines is 2. The number of carbonyl (C=O) groups excluding carboxylic acids is 2. The quantitative estimate of drug-likeness (QED) is 0.717. The van der Waals surface area contributed by atoms with Gasteiger partial charge in [0.25, 0.3) is 0 Å². The van der Waals surface area contributed by atoms with Gasteiger partial charge in [0, 0.05) is 38.4 Å². The first-order chi connectivity index (χ1) is 15.0. The van der Waals surface area contributed by atoms with Crippen LogP contribution in [0.1, 0.15) is 6.42 Å². The largest absolute Gasteiger partial charge is 0.508 e. The van der Waals surface area contributed by atoms with Crippen molar-refractivity contribution in [2.45, 2.75) is 6.42 Å². The molecular weight excluding hydrogens is 399 g/mol. The zero-order valence-electron chi connectivity index (χ0n) is 17.3. The summed E-state index contributed by atoms with van der Waals surface area (Å²) in [7, 11) is 0. The SMILES string of the molecule is O=C(Nc1ccc(O)cc1)C1CCN(CC(=O)N2CCN(c3ccccc3F)CC2)C1. The second-order valence-electron chi connectivity index (χ2n) is 8.08. The van der Waals surface area contributed by atoms with Gasteiger partial charge in [-0.2, -0.15) is 0 Å². The van der Waals surface area contributed by atoms with Crippen molar-refractivity contribution in [1.82, 2.24) is 9.80 Å². The number of carbonyl (C=O) groups is 2. The Labute approximate surface area is 181 Å². The first kappa shape index (κ1) is 21.1. The summed E-state index contributed by atoms with van der Waals surface area (Å²) in [6, 6.07) is 13.1. The third-order valence-corrected chi connectivity index (χ3v) is 5.96. The number of rotatable bonds is 5.